The molecule has 2 aromatic carbocycles. The molecule has 0 N–H and O–H groups in total. The quantitative estimate of drug-likeness (QED) is 0.260. The van der Waals surface area contributed by atoms with Gasteiger partial charge in [-0.25, -0.2) is 4.79 Å². The number of carbonyl (C=O) groups excluding carboxylic acids is 1. The topological polar surface area (TPSA) is 60.8 Å². The summed E-state index contributed by atoms with van der Waals surface area (Å²) < 4.78 is 12.9. The fourth-order valence-electron chi connectivity index (χ4n) is 4.86. The van der Waals surface area contributed by atoms with Crippen LogP contribution >= 0.6 is 11.6 Å². The molecule has 0 unspecified atom stereocenters. The Labute approximate surface area is 236 Å². The molecule has 1 saturated carbocycles. The number of benzene rings is 2. The van der Waals surface area contributed by atoms with E-state index in [9.17, 15) is 9.59 Å². The standard InChI is InChI=1S/C32H39ClN2O4/c1-21(25-9-7-8-10-29(25)38-6)34(5)20-28-26(23-15-16-23)19-27(33)30(36)35(28)18-17-22-11-13-24(14-12-22)31(37)39-32(2,3)4/h7-14,19,21,23H,15-18,20H2,1-6H3/t21-/m0/s1. The van der Waals surface area contributed by atoms with Gasteiger partial charge in [0, 0.05) is 30.4 Å². The molecule has 0 saturated heterocycles. The summed E-state index contributed by atoms with van der Waals surface area (Å²) in [7, 11) is 3.76. The fourth-order valence-corrected chi connectivity index (χ4v) is 5.08. The Kier molecular flexibility index (Phi) is 8.87. The van der Waals surface area contributed by atoms with Gasteiger partial charge < -0.3 is 14.0 Å². The van der Waals surface area contributed by atoms with Gasteiger partial charge in [-0.3, -0.25) is 9.69 Å². The second-order valence-corrected chi connectivity index (χ2v) is 11.8. The Morgan fingerprint density at radius 1 is 1.13 bits per heavy atom. The molecule has 1 aromatic heterocycles. The van der Waals surface area contributed by atoms with Crippen LogP contribution in [0.15, 0.2) is 59.4 Å². The number of hydrogen-bond acceptors (Lipinski definition) is 5. The van der Waals surface area contributed by atoms with Crippen LogP contribution in [0, 0.1) is 0 Å². The zero-order valence-electron chi connectivity index (χ0n) is 23.8. The molecule has 1 fully saturated rings. The van der Waals surface area contributed by atoms with Crippen LogP contribution in [0.4, 0.5) is 0 Å². The lowest BCUT2D eigenvalue weighted by Gasteiger charge is -2.29. The third-order valence-electron chi connectivity index (χ3n) is 7.27. The molecule has 7 heteroatoms. The number of methoxy groups -OCH3 is 1. The number of ether oxygens (including phenoxy) is 2. The first-order chi connectivity index (χ1) is 18.5. The molecule has 1 aliphatic rings. The fraction of sp³-hybridized carbons (Fsp3) is 0.438. The minimum absolute atomic E-state index is 0.0767. The predicted octanol–water partition coefficient (Wildman–Crippen LogP) is 6.78. The van der Waals surface area contributed by atoms with E-state index < -0.39 is 5.60 Å². The average molecular weight is 551 g/mol. The van der Waals surface area contributed by atoms with Gasteiger partial charge in [-0.15, -0.1) is 0 Å². The van der Waals surface area contributed by atoms with Crippen LogP contribution in [0.1, 0.15) is 85.2 Å². The van der Waals surface area contributed by atoms with Gasteiger partial charge in [0.05, 0.1) is 12.7 Å². The van der Waals surface area contributed by atoms with Crippen LogP contribution in [0.25, 0.3) is 0 Å². The van der Waals surface area contributed by atoms with Crippen molar-refractivity contribution >= 4 is 17.6 Å². The number of halogens is 1. The van der Waals surface area contributed by atoms with E-state index in [1.54, 1.807) is 19.2 Å². The van der Waals surface area contributed by atoms with E-state index in [0.717, 1.165) is 35.4 Å². The lowest BCUT2D eigenvalue weighted by atomic mass is 10.0. The molecule has 4 rings (SSSR count). The maximum Gasteiger partial charge on any atom is 0.338 e. The molecule has 1 heterocycles. The Morgan fingerprint density at radius 3 is 2.41 bits per heavy atom. The highest BCUT2D eigenvalue weighted by Crippen LogP contribution is 2.42. The third-order valence-corrected chi connectivity index (χ3v) is 7.54. The first-order valence-corrected chi connectivity index (χ1v) is 13.9. The van der Waals surface area contributed by atoms with Crippen molar-refractivity contribution in [3.63, 3.8) is 0 Å². The minimum Gasteiger partial charge on any atom is -0.496 e. The number of aromatic nitrogens is 1. The molecule has 39 heavy (non-hydrogen) atoms. The Hall–Kier alpha value is -3.09. The summed E-state index contributed by atoms with van der Waals surface area (Å²) in [5.74, 6) is 0.943. The first-order valence-electron chi connectivity index (χ1n) is 13.6. The maximum absolute atomic E-state index is 13.3. The highest BCUT2D eigenvalue weighted by Gasteiger charge is 2.30. The Balaban J connectivity index is 1.58. The van der Waals surface area contributed by atoms with Crippen LogP contribution in [-0.4, -0.2) is 35.2 Å². The largest absolute Gasteiger partial charge is 0.496 e. The SMILES string of the molecule is COc1ccccc1[C@H](C)N(C)Cc1c(C2CC2)cc(Cl)c(=O)n1CCc1ccc(C(=O)OC(C)(C)C)cc1. The molecule has 0 spiro atoms. The molecule has 0 aliphatic heterocycles. The van der Waals surface area contributed by atoms with E-state index in [-0.39, 0.29) is 22.6 Å². The van der Waals surface area contributed by atoms with Crippen LogP contribution < -0.4 is 10.3 Å². The number of para-hydroxylation sites is 1. The summed E-state index contributed by atoms with van der Waals surface area (Å²) in [4.78, 5) is 28.0. The summed E-state index contributed by atoms with van der Waals surface area (Å²) in [5.41, 5.74) is 4.11. The molecule has 0 amide bonds. The van der Waals surface area contributed by atoms with Gasteiger partial charge in [-0.2, -0.15) is 0 Å². The zero-order valence-corrected chi connectivity index (χ0v) is 24.5. The van der Waals surface area contributed by atoms with Gasteiger partial charge in [-0.05, 0) is 95.3 Å². The summed E-state index contributed by atoms with van der Waals surface area (Å²) in [6.07, 6.45) is 2.86. The van der Waals surface area contributed by atoms with Gasteiger partial charge in [0.15, 0.2) is 0 Å². The van der Waals surface area contributed by atoms with Crippen molar-refractivity contribution in [2.45, 2.75) is 77.6 Å². The third kappa shape index (κ3) is 7.11. The predicted molar refractivity (Wildman–Crippen MR) is 156 cm³/mol. The number of rotatable bonds is 10. The number of carbonyl (C=O) groups is 1. The van der Waals surface area contributed by atoms with Crippen molar-refractivity contribution in [1.29, 1.82) is 0 Å². The monoisotopic (exact) mass is 550 g/mol. The molecule has 3 aromatic rings. The second-order valence-electron chi connectivity index (χ2n) is 11.4. The number of esters is 1. The number of aryl methyl sites for hydroxylation is 1. The zero-order chi connectivity index (χ0) is 28.3. The molecular weight excluding hydrogens is 512 g/mol. The summed E-state index contributed by atoms with van der Waals surface area (Å²) >= 11 is 6.47. The van der Waals surface area contributed by atoms with E-state index >= 15 is 0 Å². The van der Waals surface area contributed by atoms with E-state index in [1.807, 2.05) is 61.7 Å². The molecule has 0 bridgehead atoms. The van der Waals surface area contributed by atoms with Gasteiger partial charge in [0.2, 0.25) is 0 Å². The van der Waals surface area contributed by atoms with Crippen molar-refractivity contribution in [2.75, 3.05) is 14.2 Å². The first kappa shape index (κ1) is 28.9. The lowest BCUT2D eigenvalue weighted by Crippen LogP contribution is -2.31. The smallest absolute Gasteiger partial charge is 0.338 e. The summed E-state index contributed by atoms with van der Waals surface area (Å²) in [6, 6.07) is 17.4. The van der Waals surface area contributed by atoms with Gasteiger partial charge in [0.25, 0.3) is 5.56 Å². The maximum atomic E-state index is 13.3. The van der Waals surface area contributed by atoms with Gasteiger partial charge >= 0.3 is 5.97 Å². The van der Waals surface area contributed by atoms with E-state index in [0.29, 0.717) is 31.0 Å². The average Bonchev–Trinajstić information content (AvgIpc) is 3.74. The number of pyridine rings is 1. The lowest BCUT2D eigenvalue weighted by molar-refractivity contribution is 0.00695. The highest BCUT2D eigenvalue weighted by atomic mass is 35.5. The van der Waals surface area contributed by atoms with E-state index in [2.05, 4.69) is 24.9 Å². The summed E-state index contributed by atoms with van der Waals surface area (Å²) in [6.45, 7) is 8.81. The molecule has 6 nitrogen and oxygen atoms in total. The number of nitrogens with zero attached hydrogens (tertiary/aromatic N) is 2. The van der Waals surface area contributed by atoms with Crippen LogP contribution in [0.5, 0.6) is 5.75 Å². The molecule has 208 valence electrons. The Morgan fingerprint density at radius 2 is 1.79 bits per heavy atom. The van der Waals surface area contributed by atoms with Crippen LogP contribution in [-0.2, 0) is 24.2 Å². The number of hydrogen-bond donors (Lipinski definition) is 0. The highest BCUT2D eigenvalue weighted by molar-refractivity contribution is 6.30. The molecule has 1 atom stereocenters. The van der Waals surface area contributed by atoms with Crippen LogP contribution in [0.3, 0.4) is 0 Å². The second kappa shape index (κ2) is 12.0. The van der Waals surface area contributed by atoms with E-state index in [1.165, 1.54) is 5.56 Å². The normalized spacial score (nSPS) is 14.4. The van der Waals surface area contributed by atoms with Gasteiger partial charge in [0.1, 0.15) is 16.4 Å². The molecular formula is C32H39ClN2O4. The Bertz CT molecular complexity index is 1370. The van der Waals surface area contributed by atoms with Crippen molar-refractivity contribution in [2.24, 2.45) is 0 Å². The summed E-state index contributed by atoms with van der Waals surface area (Å²) in [5, 5.41) is 0.265. The molecule has 0 radical (unpaired) electrons. The van der Waals surface area contributed by atoms with Crippen molar-refractivity contribution in [1.82, 2.24) is 9.47 Å². The van der Waals surface area contributed by atoms with Gasteiger partial charge in [-0.1, -0.05) is 41.9 Å². The minimum atomic E-state index is -0.546. The van der Waals surface area contributed by atoms with Crippen molar-refractivity contribution in [3.8, 4) is 5.75 Å². The molecule has 1 aliphatic carbocycles. The van der Waals surface area contributed by atoms with Crippen molar-refractivity contribution < 1.29 is 14.3 Å². The van der Waals surface area contributed by atoms with E-state index in [4.69, 9.17) is 21.1 Å². The van der Waals surface area contributed by atoms with Crippen LogP contribution in [0.2, 0.25) is 5.02 Å². The van der Waals surface area contributed by atoms with Crippen molar-refractivity contribution in [3.05, 3.63) is 97.9 Å².